The summed E-state index contributed by atoms with van der Waals surface area (Å²) in [6.45, 7) is 0.745. The van der Waals surface area contributed by atoms with Gasteiger partial charge in [-0.3, -0.25) is 9.59 Å². The Balaban J connectivity index is 1.99. The van der Waals surface area contributed by atoms with Crippen molar-refractivity contribution >= 4 is 11.7 Å². The van der Waals surface area contributed by atoms with Crippen LogP contribution < -0.4 is 5.32 Å². The monoisotopic (exact) mass is 217 g/mol. The Bertz CT molecular complexity index is 386. The molecule has 1 amide bonds. The lowest BCUT2D eigenvalue weighted by atomic mass is 9.91. The molecule has 16 heavy (non-hydrogen) atoms. The summed E-state index contributed by atoms with van der Waals surface area (Å²) in [5.41, 5.74) is 0.695. The second-order valence-electron chi connectivity index (χ2n) is 4.12. The highest BCUT2D eigenvalue weighted by atomic mass is 16.2. The fourth-order valence-corrected chi connectivity index (χ4v) is 2.00. The van der Waals surface area contributed by atoms with Crippen LogP contribution in [0.1, 0.15) is 29.6 Å². The molecular weight excluding hydrogens is 202 g/mol. The Morgan fingerprint density at radius 3 is 2.75 bits per heavy atom. The van der Waals surface area contributed by atoms with Crippen molar-refractivity contribution < 1.29 is 9.59 Å². The van der Waals surface area contributed by atoms with Gasteiger partial charge in [-0.1, -0.05) is 30.3 Å². The quantitative estimate of drug-likeness (QED) is 0.784. The van der Waals surface area contributed by atoms with Crippen LogP contribution in [-0.4, -0.2) is 18.2 Å². The molecule has 1 aliphatic rings. The maximum atomic E-state index is 11.9. The minimum absolute atomic E-state index is 0.0236. The van der Waals surface area contributed by atoms with Gasteiger partial charge in [-0.2, -0.15) is 0 Å². The van der Waals surface area contributed by atoms with Gasteiger partial charge in [0.05, 0.1) is 0 Å². The zero-order chi connectivity index (χ0) is 11.4. The third kappa shape index (κ3) is 2.48. The van der Waals surface area contributed by atoms with Crippen molar-refractivity contribution in [3.8, 4) is 0 Å². The molecule has 0 aromatic heterocycles. The number of ketones is 1. The molecule has 84 valence electrons. The third-order valence-electron chi connectivity index (χ3n) is 2.93. The standard InChI is InChI=1S/C13H15NO2/c15-12(10-5-2-1-3-6-10)9-11-7-4-8-14-13(11)16/h1-3,5-6,11H,4,7-9H2,(H,14,16). The first-order chi connectivity index (χ1) is 7.77. The molecule has 0 radical (unpaired) electrons. The van der Waals surface area contributed by atoms with E-state index in [-0.39, 0.29) is 17.6 Å². The van der Waals surface area contributed by atoms with Crippen molar-refractivity contribution in [3.63, 3.8) is 0 Å². The van der Waals surface area contributed by atoms with Gasteiger partial charge in [0.1, 0.15) is 0 Å². The lowest BCUT2D eigenvalue weighted by Crippen LogP contribution is -2.37. The van der Waals surface area contributed by atoms with Crippen LogP contribution in [0.15, 0.2) is 30.3 Å². The third-order valence-corrected chi connectivity index (χ3v) is 2.93. The van der Waals surface area contributed by atoms with Crippen molar-refractivity contribution in [2.45, 2.75) is 19.3 Å². The molecule has 3 nitrogen and oxygen atoms in total. The number of nitrogens with one attached hydrogen (secondary N) is 1. The molecule has 1 saturated heterocycles. The van der Waals surface area contributed by atoms with E-state index in [1.54, 1.807) is 12.1 Å². The smallest absolute Gasteiger partial charge is 0.223 e. The Morgan fingerprint density at radius 2 is 2.06 bits per heavy atom. The number of carbonyl (C=O) groups is 2. The normalized spacial score (nSPS) is 20.2. The van der Waals surface area contributed by atoms with Gasteiger partial charge in [0, 0.05) is 24.4 Å². The Morgan fingerprint density at radius 1 is 1.31 bits per heavy atom. The zero-order valence-corrected chi connectivity index (χ0v) is 9.11. The maximum Gasteiger partial charge on any atom is 0.223 e. The predicted octanol–water partition coefficient (Wildman–Crippen LogP) is 1.79. The number of Topliss-reactive ketones (excluding diaryl/α,β-unsaturated/α-hetero) is 1. The first-order valence-corrected chi connectivity index (χ1v) is 5.63. The van der Waals surface area contributed by atoms with Crippen LogP contribution in [0.25, 0.3) is 0 Å². The Hall–Kier alpha value is -1.64. The van der Waals surface area contributed by atoms with Crippen molar-refractivity contribution in [1.29, 1.82) is 0 Å². The molecule has 1 N–H and O–H groups in total. The predicted molar refractivity (Wildman–Crippen MR) is 61.1 cm³/mol. The van der Waals surface area contributed by atoms with Gasteiger partial charge in [-0.05, 0) is 12.8 Å². The molecule has 3 heteroatoms. The van der Waals surface area contributed by atoms with Crippen LogP contribution in [0, 0.1) is 5.92 Å². The van der Waals surface area contributed by atoms with E-state index in [4.69, 9.17) is 0 Å². The summed E-state index contributed by atoms with van der Waals surface area (Å²) in [4.78, 5) is 23.4. The largest absolute Gasteiger partial charge is 0.356 e. The van der Waals surface area contributed by atoms with Crippen LogP contribution in [0.3, 0.4) is 0 Å². The first-order valence-electron chi connectivity index (χ1n) is 5.63. The van der Waals surface area contributed by atoms with E-state index in [0.29, 0.717) is 12.0 Å². The van der Waals surface area contributed by atoms with E-state index < -0.39 is 0 Å². The summed E-state index contributed by atoms with van der Waals surface area (Å²) in [5.74, 6) is -0.0559. The summed E-state index contributed by atoms with van der Waals surface area (Å²) in [6, 6.07) is 9.15. The van der Waals surface area contributed by atoms with Crippen LogP contribution in [-0.2, 0) is 4.79 Å². The van der Waals surface area contributed by atoms with Gasteiger partial charge in [0.2, 0.25) is 5.91 Å². The van der Waals surface area contributed by atoms with Crippen molar-refractivity contribution in [1.82, 2.24) is 5.32 Å². The van der Waals surface area contributed by atoms with Gasteiger partial charge in [0.25, 0.3) is 0 Å². The van der Waals surface area contributed by atoms with E-state index in [2.05, 4.69) is 5.32 Å². The molecule has 1 fully saturated rings. The van der Waals surface area contributed by atoms with Crippen LogP contribution in [0.2, 0.25) is 0 Å². The summed E-state index contributed by atoms with van der Waals surface area (Å²) in [5, 5.41) is 2.80. The van der Waals surface area contributed by atoms with Gasteiger partial charge in [0.15, 0.2) is 5.78 Å². The topological polar surface area (TPSA) is 46.2 Å². The molecule has 1 aliphatic heterocycles. The number of benzene rings is 1. The second-order valence-corrected chi connectivity index (χ2v) is 4.12. The summed E-state index contributed by atoms with van der Waals surface area (Å²) < 4.78 is 0. The number of amides is 1. The number of hydrogen-bond acceptors (Lipinski definition) is 2. The van der Waals surface area contributed by atoms with Crippen molar-refractivity contribution in [2.24, 2.45) is 5.92 Å². The van der Waals surface area contributed by atoms with Gasteiger partial charge >= 0.3 is 0 Å². The Kier molecular flexibility index (Phi) is 3.34. The fourth-order valence-electron chi connectivity index (χ4n) is 2.00. The highest BCUT2D eigenvalue weighted by molar-refractivity contribution is 5.98. The van der Waals surface area contributed by atoms with Gasteiger partial charge < -0.3 is 5.32 Å². The Labute approximate surface area is 94.9 Å². The molecule has 1 aromatic carbocycles. The van der Waals surface area contributed by atoms with E-state index >= 15 is 0 Å². The average molecular weight is 217 g/mol. The van der Waals surface area contributed by atoms with E-state index in [1.807, 2.05) is 18.2 Å². The number of carbonyl (C=O) groups excluding carboxylic acids is 2. The molecule has 2 rings (SSSR count). The SMILES string of the molecule is O=C(CC1CCCNC1=O)c1ccccc1. The molecule has 1 heterocycles. The molecule has 0 bridgehead atoms. The minimum atomic E-state index is -0.138. The van der Waals surface area contributed by atoms with E-state index in [0.717, 1.165) is 19.4 Å². The number of piperidine rings is 1. The van der Waals surface area contributed by atoms with Gasteiger partial charge in [-0.15, -0.1) is 0 Å². The lowest BCUT2D eigenvalue weighted by Gasteiger charge is -2.20. The molecule has 0 spiro atoms. The number of hydrogen-bond donors (Lipinski definition) is 1. The highest BCUT2D eigenvalue weighted by Gasteiger charge is 2.24. The maximum absolute atomic E-state index is 11.9. The second kappa shape index (κ2) is 4.92. The first kappa shape index (κ1) is 10.9. The van der Waals surface area contributed by atoms with E-state index in [9.17, 15) is 9.59 Å². The van der Waals surface area contributed by atoms with Crippen LogP contribution in [0.5, 0.6) is 0 Å². The van der Waals surface area contributed by atoms with Crippen LogP contribution in [0.4, 0.5) is 0 Å². The number of rotatable bonds is 3. The highest BCUT2D eigenvalue weighted by Crippen LogP contribution is 2.18. The molecule has 1 atom stereocenters. The van der Waals surface area contributed by atoms with Crippen molar-refractivity contribution in [3.05, 3.63) is 35.9 Å². The lowest BCUT2D eigenvalue weighted by molar-refractivity contribution is -0.126. The van der Waals surface area contributed by atoms with E-state index in [1.165, 1.54) is 0 Å². The molecule has 0 saturated carbocycles. The van der Waals surface area contributed by atoms with Crippen molar-refractivity contribution in [2.75, 3.05) is 6.54 Å². The molecular formula is C13H15NO2. The fraction of sp³-hybridized carbons (Fsp3) is 0.385. The summed E-state index contributed by atoms with van der Waals surface area (Å²) >= 11 is 0. The summed E-state index contributed by atoms with van der Waals surface area (Å²) in [7, 11) is 0. The van der Waals surface area contributed by atoms with Crippen LogP contribution >= 0.6 is 0 Å². The minimum Gasteiger partial charge on any atom is -0.356 e. The summed E-state index contributed by atoms with van der Waals surface area (Å²) in [6.07, 6.45) is 2.12. The molecule has 0 aliphatic carbocycles. The zero-order valence-electron chi connectivity index (χ0n) is 9.11. The average Bonchev–Trinajstić information content (AvgIpc) is 2.33. The van der Waals surface area contributed by atoms with Gasteiger partial charge in [-0.25, -0.2) is 0 Å². The molecule has 1 aromatic rings. The molecule has 1 unspecified atom stereocenters.